The van der Waals surface area contributed by atoms with Gasteiger partial charge in [-0.2, -0.15) is 0 Å². The van der Waals surface area contributed by atoms with E-state index in [4.69, 9.17) is 28.4 Å². The molecule has 5 rings (SSSR count). The van der Waals surface area contributed by atoms with E-state index in [1.165, 1.54) is 25.3 Å². The van der Waals surface area contributed by atoms with E-state index in [9.17, 15) is 40.5 Å². The van der Waals surface area contributed by atoms with E-state index in [0.717, 1.165) is 0 Å². The predicted octanol–water partition coefficient (Wildman–Crippen LogP) is -1.99. The van der Waals surface area contributed by atoms with E-state index in [1.807, 2.05) is 0 Å². The lowest BCUT2D eigenvalue weighted by molar-refractivity contribution is -0.307. The van der Waals surface area contributed by atoms with Crippen LogP contribution in [0.1, 0.15) is 22.0 Å². The third-order valence-corrected chi connectivity index (χ3v) is 7.27. The third kappa shape index (κ3) is 5.89. The van der Waals surface area contributed by atoms with Crippen molar-refractivity contribution in [1.29, 1.82) is 0 Å². The molecule has 3 aliphatic rings. The lowest BCUT2D eigenvalue weighted by atomic mass is 9.93. The zero-order valence-corrected chi connectivity index (χ0v) is 21.8. The van der Waals surface area contributed by atoms with Crippen LogP contribution < -0.4 is 14.2 Å². The Balaban J connectivity index is 1.28. The normalized spacial score (nSPS) is 37.2. The molecule has 0 radical (unpaired) electrons. The van der Waals surface area contributed by atoms with Crippen molar-refractivity contribution in [3.05, 3.63) is 53.6 Å². The fraction of sp³-hybridized carbons (Fsp3) is 0.519. The first-order valence-corrected chi connectivity index (χ1v) is 12.9. The van der Waals surface area contributed by atoms with Crippen molar-refractivity contribution < 1.29 is 69.0 Å². The number of hydrogen-bond donors (Lipinski definition) is 7. The SMILES string of the molecule is COc1ccc([C@H]2Oc3cc(O[C@H]4O[C@H](CO[C@H]5OC[C@@H](O)[C@H](O)[C@H]5O)[C@@H](O)[C@H](O)[C@H]4O)ccc3C(=O)[C@H]2O)cc1. The number of aliphatic hydroxyl groups is 7. The first-order valence-electron chi connectivity index (χ1n) is 12.9. The molecule has 0 aromatic heterocycles. The Hall–Kier alpha value is -2.89. The average Bonchev–Trinajstić information content (AvgIpc) is 2.98. The Morgan fingerprint density at radius 1 is 0.829 bits per heavy atom. The highest BCUT2D eigenvalue weighted by Gasteiger charge is 2.46. The fourth-order valence-corrected chi connectivity index (χ4v) is 4.82. The van der Waals surface area contributed by atoms with Crippen LogP contribution in [0.25, 0.3) is 0 Å². The molecule has 0 saturated carbocycles. The summed E-state index contributed by atoms with van der Waals surface area (Å²) in [6.07, 6.45) is -16.0. The highest BCUT2D eigenvalue weighted by atomic mass is 16.7. The summed E-state index contributed by atoms with van der Waals surface area (Å²) in [5.74, 6) is 0.209. The van der Waals surface area contributed by atoms with Crippen molar-refractivity contribution in [2.24, 2.45) is 0 Å². The van der Waals surface area contributed by atoms with Gasteiger partial charge in [-0.25, -0.2) is 0 Å². The van der Waals surface area contributed by atoms with E-state index in [-0.39, 0.29) is 23.7 Å². The monoisotopic (exact) mass is 580 g/mol. The molecule has 224 valence electrons. The van der Waals surface area contributed by atoms with Crippen molar-refractivity contribution in [3.8, 4) is 17.2 Å². The van der Waals surface area contributed by atoms with Gasteiger partial charge in [0, 0.05) is 6.07 Å². The minimum Gasteiger partial charge on any atom is -0.497 e. The molecular formula is C27H32O14. The number of Topliss-reactive ketones (excluding diaryl/α,β-unsaturated/α-hetero) is 1. The molecule has 14 nitrogen and oxygen atoms in total. The minimum absolute atomic E-state index is 0.0804. The number of carbonyl (C=O) groups is 1. The molecule has 0 unspecified atom stereocenters. The third-order valence-electron chi connectivity index (χ3n) is 7.27. The molecule has 11 atom stereocenters. The smallest absolute Gasteiger partial charge is 0.229 e. The van der Waals surface area contributed by atoms with E-state index in [1.54, 1.807) is 24.3 Å². The first kappa shape index (κ1) is 29.6. The minimum atomic E-state index is -1.71. The van der Waals surface area contributed by atoms with Crippen molar-refractivity contribution in [1.82, 2.24) is 0 Å². The molecule has 2 aromatic rings. The zero-order valence-electron chi connectivity index (χ0n) is 21.8. The van der Waals surface area contributed by atoms with Crippen molar-refractivity contribution in [2.75, 3.05) is 20.3 Å². The first-order chi connectivity index (χ1) is 19.6. The number of fused-ring (bicyclic) bond motifs is 1. The van der Waals surface area contributed by atoms with Crippen LogP contribution >= 0.6 is 0 Å². The molecule has 0 amide bonds. The number of aliphatic hydroxyl groups excluding tert-OH is 7. The number of ether oxygens (including phenoxy) is 6. The zero-order chi connectivity index (χ0) is 29.4. The van der Waals surface area contributed by atoms with Gasteiger partial charge in [-0.05, 0) is 29.8 Å². The van der Waals surface area contributed by atoms with Crippen LogP contribution in [0, 0.1) is 0 Å². The fourth-order valence-electron chi connectivity index (χ4n) is 4.82. The quantitative estimate of drug-likeness (QED) is 0.189. The van der Waals surface area contributed by atoms with E-state index in [2.05, 4.69) is 0 Å². The average molecular weight is 581 g/mol. The van der Waals surface area contributed by atoms with Crippen LogP contribution in [0.4, 0.5) is 0 Å². The van der Waals surface area contributed by atoms with Gasteiger partial charge in [0.2, 0.25) is 6.29 Å². The molecule has 0 aliphatic carbocycles. The molecule has 14 heteroatoms. The van der Waals surface area contributed by atoms with E-state index >= 15 is 0 Å². The van der Waals surface area contributed by atoms with Gasteiger partial charge in [-0.15, -0.1) is 0 Å². The number of rotatable bonds is 7. The second-order valence-corrected chi connectivity index (χ2v) is 9.99. The number of carbonyl (C=O) groups excluding carboxylic acids is 1. The second kappa shape index (κ2) is 12.1. The number of ketones is 1. The maximum atomic E-state index is 12.9. The van der Waals surface area contributed by atoms with Crippen LogP contribution in [-0.4, -0.2) is 123 Å². The maximum absolute atomic E-state index is 12.9. The summed E-state index contributed by atoms with van der Waals surface area (Å²) in [5, 5.41) is 71.4. The van der Waals surface area contributed by atoms with Gasteiger partial charge >= 0.3 is 0 Å². The van der Waals surface area contributed by atoms with Gasteiger partial charge in [0.05, 0.1) is 25.9 Å². The molecule has 2 fully saturated rings. The Morgan fingerprint density at radius 2 is 1.51 bits per heavy atom. The molecule has 2 saturated heterocycles. The largest absolute Gasteiger partial charge is 0.497 e. The highest BCUT2D eigenvalue weighted by molar-refractivity contribution is 6.03. The summed E-state index contributed by atoms with van der Waals surface area (Å²) in [7, 11) is 1.51. The Morgan fingerprint density at radius 3 is 2.22 bits per heavy atom. The second-order valence-electron chi connectivity index (χ2n) is 9.99. The summed E-state index contributed by atoms with van der Waals surface area (Å²) in [4.78, 5) is 12.9. The van der Waals surface area contributed by atoms with Crippen LogP contribution in [0.3, 0.4) is 0 Å². The summed E-state index contributed by atoms with van der Waals surface area (Å²) in [6, 6.07) is 10.8. The predicted molar refractivity (Wildman–Crippen MR) is 134 cm³/mol. The van der Waals surface area contributed by atoms with E-state index in [0.29, 0.717) is 11.3 Å². The van der Waals surface area contributed by atoms with Gasteiger partial charge in [0.1, 0.15) is 60.0 Å². The molecule has 0 bridgehead atoms. The van der Waals surface area contributed by atoms with Crippen LogP contribution in [0.5, 0.6) is 17.2 Å². The summed E-state index contributed by atoms with van der Waals surface area (Å²) >= 11 is 0. The van der Waals surface area contributed by atoms with Gasteiger partial charge in [0.25, 0.3) is 0 Å². The Labute approximate surface area is 233 Å². The molecule has 41 heavy (non-hydrogen) atoms. The van der Waals surface area contributed by atoms with Gasteiger partial charge in [-0.3, -0.25) is 4.79 Å². The van der Waals surface area contributed by atoms with Crippen LogP contribution in [-0.2, 0) is 14.2 Å². The number of methoxy groups -OCH3 is 1. The van der Waals surface area contributed by atoms with Gasteiger partial charge in [-0.1, -0.05) is 12.1 Å². The Kier molecular flexibility index (Phi) is 8.77. The van der Waals surface area contributed by atoms with Gasteiger partial charge < -0.3 is 64.2 Å². The van der Waals surface area contributed by atoms with Crippen LogP contribution in [0.2, 0.25) is 0 Å². The molecule has 7 N–H and O–H groups in total. The molecule has 0 spiro atoms. The topological polar surface area (TPSA) is 214 Å². The number of hydrogen-bond acceptors (Lipinski definition) is 14. The molecule has 3 heterocycles. The maximum Gasteiger partial charge on any atom is 0.229 e. The lowest BCUT2D eigenvalue weighted by Crippen LogP contribution is -2.61. The Bertz CT molecular complexity index is 1210. The highest BCUT2D eigenvalue weighted by Crippen LogP contribution is 2.38. The summed E-state index contributed by atoms with van der Waals surface area (Å²) in [6.45, 7) is -0.748. The van der Waals surface area contributed by atoms with Crippen molar-refractivity contribution in [2.45, 2.75) is 67.5 Å². The van der Waals surface area contributed by atoms with Gasteiger partial charge in [0.15, 0.2) is 24.3 Å². The molecular weight excluding hydrogens is 548 g/mol. The molecule has 2 aromatic carbocycles. The van der Waals surface area contributed by atoms with Crippen molar-refractivity contribution in [3.63, 3.8) is 0 Å². The summed E-state index contributed by atoms with van der Waals surface area (Å²) < 4.78 is 33.0. The lowest BCUT2D eigenvalue weighted by Gasteiger charge is -2.41. The van der Waals surface area contributed by atoms with Crippen LogP contribution in [0.15, 0.2) is 42.5 Å². The molecule has 3 aliphatic heterocycles. The summed E-state index contributed by atoms with van der Waals surface area (Å²) in [5.41, 5.74) is 0.642. The van der Waals surface area contributed by atoms with E-state index < -0.39 is 79.9 Å². The number of benzene rings is 2. The van der Waals surface area contributed by atoms with Crippen molar-refractivity contribution >= 4 is 5.78 Å². The standard InChI is InChI=1S/C27H32O14/c1-36-12-4-2-11(3-5-12)25-22(33)18(29)14-7-6-13(8-16(14)40-25)39-27-24(35)21(32)20(31)17(41-27)10-38-26-23(34)19(30)15(28)9-37-26/h2-8,15,17,19-28,30-35H,9-10H2,1H3/t15-,17-,19+,20-,21+,22-,23-,24-,25-,26-,27+/m1/s1.